The van der Waals surface area contributed by atoms with E-state index in [2.05, 4.69) is 0 Å². The second kappa shape index (κ2) is 7.24. The topological polar surface area (TPSA) is 55.8 Å². The van der Waals surface area contributed by atoms with Crippen LogP contribution < -0.4 is 0 Å². The smallest absolute Gasteiger partial charge is 0.410 e. The van der Waals surface area contributed by atoms with Crippen molar-refractivity contribution in [3.8, 4) is 0 Å². The van der Waals surface area contributed by atoms with Gasteiger partial charge in [-0.15, -0.1) is 0 Å². The van der Waals surface area contributed by atoms with E-state index >= 15 is 0 Å². The molecule has 0 aliphatic carbocycles. The number of amides is 1. The molecule has 0 N–H and O–H groups in total. The molecule has 18 heavy (non-hydrogen) atoms. The number of esters is 1. The van der Waals surface area contributed by atoms with Gasteiger partial charge in [0, 0.05) is 13.6 Å². The lowest BCUT2D eigenvalue weighted by Gasteiger charge is -2.25. The summed E-state index contributed by atoms with van der Waals surface area (Å²) in [5.74, 6) is -0.440. The van der Waals surface area contributed by atoms with Crippen LogP contribution in [0.2, 0.25) is 0 Å². The van der Waals surface area contributed by atoms with Crippen molar-refractivity contribution in [3.63, 3.8) is 0 Å². The third kappa shape index (κ3) is 7.14. The zero-order valence-electron chi connectivity index (χ0n) is 12.3. The maximum absolute atomic E-state index is 11.7. The molecule has 5 heteroatoms. The van der Waals surface area contributed by atoms with Gasteiger partial charge in [-0.05, 0) is 34.1 Å². The Hall–Kier alpha value is -1.26. The predicted octanol–water partition coefficient (Wildman–Crippen LogP) is 2.44. The maximum Gasteiger partial charge on any atom is 0.410 e. The number of nitrogens with zero attached hydrogens (tertiary/aromatic N) is 1. The maximum atomic E-state index is 11.7. The molecule has 1 amide bonds. The number of rotatable bonds is 5. The Morgan fingerprint density at radius 1 is 1.28 bits per heavy atom. The summed E-state index contributed by atoms with van der Waals surface area (Å²) in [6, 6.07) is 0. The molecule has 106 valence electrons. The van der Waals surface area contributed by atoms with Crippen molar-refractivity contribution in [3.05, 3.63) is 0 Å². The highest BCUT2D eigenvalue weighted by Crippen LogP contribution is 2.11. The molecule has 0 fully saturated rings. The molecule has 0 bridgehead atoms. The van der Waals surface area contributed by atoms with E-state index in [9.17, 15) is 9.59 Å². The Bertz CT molecular complexity index is 283. The molecule has 0 aromatic heterocycles. The standard InChI is InChI=1S/C13H25NO4/c1-7-17-11(15)10(2)8-9-14(6)12(16)18-13(3,4)5/h10H,7-9H2,1-6H3. The van der Waals surface area contributed by atoms with E-state index in [0.717, 1.165) is 0 Å². The Morgan fingerprint density at radius 3 is 2.28 bits per heavy atom. The highest BCUT2D eigenvalue weighted by atomic mass is 16.6. The summed E-state index contributed by atoms with van der Waals surface area (Å²) in [5, 5.41) is 0. The first kappa shape index (κ1) is 16.7. The molecule has 0 saturated heterocycles. The highest BCUT2D eigenvalue weighted by molar-refractivity contribution is 5.72. The molecule has 0 aromatic carbocycles. The van der Waals surface area contributed by atoms with Gasteiger partial charge in [0.1, 0.15) is 5.60 Å². The molecular weight excluding hydrogens is 234 g/mol. The zero-order valence-corrected chi connectivity index (χ0v) is 12.3. The predicted molar refractivity (Wildman–Crippen MR) is 69.3 cm³/mol. The molecule has 0 radical (unpaired) electrons. The van der Waals surface area contributed by atoms with Crippen molar-refractivity contribution >= 4 is 12.1 Å². The zero-order chi connectivity index (χ0) is 14.3. The van der Waals surface area contributed by atoms with Gasteiger partial charge < -0.3 is 14.4 Å². The third-order valence-corrected chi connectivity index (χ3v) is 2.29. The third-order valence-electron chi connectivity index (χ3n) is 2.29. The second-order valence-electron chi connectivity index (χ2n) is 5.34. The van der Waals surface area contributed by atoms with Crippen LogP contribution in [0.3, 0.4) is 0 Å². The number of carbonyl (C=O) groups is 2. The van der Waals surface area contributed by atoms with Crippen molar-refractivity contribution in [1.29, 1.82) is 0 Å². The lowest BCUT2D eigenvalue weighted by molar-refractivity contribution is -0.147. The monoisotopic (exact) mass is 259 g/mol. The molecule has 0 aliphatic heterocycles. The van der Waals surface area contributed by atoms with Crippen LogP contribution in [0.15, 0.2) is 0 Å². The first-order valence-corrected chi connectivity index (χ1v) is 6.28. The fourth-order valence-corrected chi connectivity index (χ4v) is 1.22. The molecule has 0 aromatic rings. The molecule has 0 spiro atoms. The highest BCUT2D eigenvalue weighted by Gasteiger charge is 2.21. The minimum absolute atomic E-state index is 0.213. The second-order valence-corrected chi connectivity index (χ2v) is 5.34. The van der Waals surface area contributed by atoms with Gasteiger partial charge in [0.15, 0.2) is 0 Å². The normalized spacial score (nSPS) is 12.8. The summed E-state index contributed by atoms with van der Waals surface area (Å²) >= 11 is 0. The molecule has 0 heterocycles. The van der Waals surface area contributed by atoms with Crippen molar-refractivity contribution in [1.82, 2.24) is 4.90 Å². The fraction of sp³-hybridized carbons (Fsp3) is 0.846. The van der Waals surface area contributed by atoms with Crippen LogP contribution in [0.25, 0.3) is 0 Å². The molecule has 0 saturated carbocycles. The first-order valence-electron chi connectivity index (χ1n) is 6.28. The lowest BCUT2D eigenvalue weighted by Crippen LogP contribution is -2.35. The SMILES string of the molecule is CCOC(=O)C(C)CCN(C)C(=O)OC(C)(C)C. The summed E-state index contributed by atoms with van der Waals surface area (Å²) in [4.78, 5) is 24.5. The van der Waals surface area contributed by atoms with Gasteiger partial charge in [-0.1, -0.05) is 6.92 Å². The number of ether oxygens (including phenoxy) is 2. The quantitative estimate of drug-likeness (QED) is 0.712. The lowest BCUT2D eigenvalue weighted by atomic mass is 10.1. The average Bonchev–Trinajstić information content (AvgIpc) is 2.23. The van der Waals surface area contributed by atoms with Crippen molar-refractivity contribution in [2.24, 2.45) is 5.92 Å². The number of hydrogen-bond donors (Lipinski definition) is 0. The van der Waals surface area contributed by atoms with E-state index in [-0.39, 0.29) is 18.0 Å². The van der Waals surface area contributed by atoms with Crippen molar-refractivity contribution < 1.29 is 19.1 Å². The van der Waals surface area contributed by atoms with Gasteiger partial charge >= 0.3 is 12.1 Å². The van der Waals surface area contributed by atoms with Crippen LogP contribution in [-0.2, 0) is 14.3 Å². The van der Waals surface area contributed by atoms with Gasteiger partial charge in [-0.2, -0.15) is 0 Å². The molecule has 1 atom stereocenters. The first-order chi connectivity index (χ1) is 8.17. The fourth-order valence-electron chi connectivity index (χ4n) is 1.22. The van der Waals surface area contributed by atoms with Gasteiger partial charge in [-0.3, -0.25) is 4.79 Å². The number of hydrogen-bond acceptors (Lipinski definition) is 4. The number of carbonyl (C=O) groups excluding carboxylic acids is 2. The van der Waals surface area contributed by atoms with Crippen molar-refractivity contribution in [2.45, 2.75) is 46.6 Å². The van der Waals surface area contributed by atoms with Crippen LogP contribution in [0, 0.1) is 5.92 Å². The average molecular weight is 259 g/mol. The van der Waals surface area contributed by atoms with E-state index in [4.69, 9.17) is 9.47 Å². The summed E-state index contributed by atoms with van der Waals surface area (Å²) < 4.78 is 10.1. The summed E-state index contributed by atoms with van der Waals surface area (Å²) in [6.45, 7) is 9.87. The molecule has 0 aliphatic rings. The van der Waals surface area contributed by atoms with Crippen LogP contribution in [0.1, 0.15) is 41.0 Å². The summed E-state index contributed by atoms with van der Waals surface area (Å²) in [5.41, 5.74) is -0.502. The minimum Gasteiger partial charge on any atom is -0.466 e. The van der Waals surface area contributed by atoms with Gasteiger partial charge in [-0.25, -0.2) is 4.79 Å². The minimum atomic E-state index is -0.502. The Balaban J connectivity index is 4.06. The van der Waals surface area contributed by atoms with E-state index in [1.807, 2.05) is 20.8 Å². The molecular formula is C13H25NO4. The van der Waals surface area contributed by atoms with E-state index in [1.165, 1.54) is 4.90 Å². The Kier molecular flexibility index (Phi) is 6.73. The van der Waals surface area contributed by atoms with Crippen LogP contribution in [0.5, 0.6) is 0 Å². The van der Waals surface area contributed by atoms with Crippen LogP contribution in [0.4, 0.5) is 4.79 Å². The molecule has 0 rings (SSSR count). The van der Waals surface area contributed by atoms with Crippen LogP contribution >= 0.6 is 0 Å². The van der Waals surface area contributed by atoms with Crippen molar-refractivity contribution in [2.75, 3.05) is 20.2 Å². The van der Waals surface area contributed by atoms with Gasteiger partial charge in [0.05, 0.1) is 12.5 Å². The Morgan fingerprint density at radius 2 is 1.83 bits per heavy atom. The summed E-state index contributed by atoms with van der Waals surface area (Å²) in [6.07, 6.45) is 0.188. The largest absolute Gasteiger partial charge is 0.466 e. The van der Waals surface area contributed by atoms with E-state index in [0.29, 0.717) is 19.6 Å². The molecule has 1 unspecified atom stereocenters. The van der Waals surface area contributed by atoms with E-state index < -0.39 is 5.60 Å². The van der Waals surface area contributed by atoms with Crippen LogP contribution in [-0.4, -0.2) is 42.8 Å². The Labute approximate surface area is 109 Å². The van der Waals surface area contributed by atoms with E-state index in [1.54, 1.807) is 20.9 Å². The molecule has 5 nitrogen and oxygen atoms in total. The van der Waals surface area contributed by atoms with Gasteiger partial charge in [0.25, 0.3) is 0 Å². The summed E-state index contributed by atoms with van der Waals surface area (Å²) in [7, 11) is 1.66. The van der Waals surface area contributed by atoms with Gasteiger partial charge in [0.2, 0.25) is 0 Å².